The lowest BCUT2D eigenvalue weighted by Gasteiger charge is -2.21. The van der Waals surface area contributed by atoms with Crippen LogP contribution < -0.4 is 5.32 Å². The molecule has 1 amide bonds. The smallest absolute Gasteiger partial charge is 0.412 e. The van der Waals surface area contributed by atoms with Crippen molar-refractivity contribution in [3.05, 3.63) is 29.8 Å². The Hall–Kier alpha value is -2.04. The van der Waals surface area contributed by atoms with E-state index in [2.05, 4.69) is 5.32 Å². The van der Waals surface area contributed by atoms with Gasteiger partial charge < -0.3 is 9.47 Å². The van der Waals surface area contributed by atoms with Gasteiger partial charge in [0.15, 0.2) is 0 Å². The largest absolute Gasteiger partial charge is 0.460 e. The highest BCUT2D eigenvalue weighted by molar-refractivity contribution is 5.87. The highest BCUT2D eigenvalue weighted by Gasteiger charge is 2.20. The van der Waals surface area contributed by atoms with Gasteiger partial charge in [0.1, 0.15) is 11.2 Å². The number of anilines is 1. The molecule has 5 nitrogen and oxygen atoms in total. The van der Waals surface area contributed by atoms with Crippen molar-refractivity contribution < 1.29 is 19.1 Å². The summed E-state index contributed by atoms with van der Waals surface area (Å²) < 4.78 is 10.5. The van der Waals surface area contributed by atoms with Gasteiger partial charge in [-0.3, -0.25) is 10.1 Å². The van der Waals surface area contributed by atoms with Crippen LogP contribution >= 0.6 is 0 Å². The van der Waals surface area contributed by atoms with Crippen LogP contribution in [0.1, 0.15) is 47.1 Å². The van der Waals surface area contributed by atoms with Crippen LogP contribution in [0.5, 0.6) is 0 Å². The SMILES string of the molecule is CC(C)(C)OC(=O)Cc1ccccc1NC(=O)OC(C)(C)C. The first-order chi connectivity index (χ1) is 9.96. The van der Waals surface area contributed by atoms with Crippen molar-refractivity contribution in [3.63, 3.8) is 0 Å². The van der Waals surface area contributed by atoms with E-state index < -0.39 is 17.3 Å². The van der Waals surface area contributed by atoms with Crippen LogP contribution in [0.4, 0.5) is 10.5 Å². The number of hydrogen-bond donors (Lipinski definition) is 1. The van der Waals surface area contributed by atoms with Crippen LogP contribution in [0.3, 0.4) is 0 Å². The maximum atomic E-state index is 11.9. The molecule has 0 bridgehead atoms. The third-order valence-electron chi connectivity index (χ3n) is 2.41. The van der Waals surface area contributed by atoms with Crippen LogP contribution in [-0.2, 0) is 20.7 Å². The molecule has 0 saturated heterocycles. The fraction of sp³-hybridized carbons (Fsp3) is 0.529. The number of hydrogen-bond acceptors (Lipinski definition) is 4. The van der Waals surface area contributed by atoms with Crippen molar-refractivity contribution in [2.24, 2.45) is 0 Å². The van der Waals surface area contributed by atoms with E-state index in [0.29, 0.717) is 11.3 Å². The molecule has 122 valence electrons. The first-order valence-corrected chi connectivity index (χ1v) is 7.26. The lowest BCUT2D eigenvalue weighted by atomic mass is 10.1. The van der Waals surface area contributed by atoms with Crippen LogP contribution in [-0.4, -0.2) is 23.3 Å². The lowest BCUT2D eigenvalue weighted by Crippen LogP contribution is -2.28. The molecule has 0 saturated carbocycles. The van der Waals surface area contributed by atoms with Gasteiger partial charge in [-0.15, -0.1) is 0 Å². The zero-order valence-corrected chi connectivity index (χ0v) is 14.1. The van der Waals surface area contributed by atoms with Gasteiger partial charge in [-0.2, -0.15) is 0 Å². The summed E-state index contributed by atoms with van der Waals surface area (Å²) in [5.74, 6) is -0.342. The predicted octanol–water partition coefficient (Wildman–Crippen LogP) is 3.92. The summed E-state index contributed by atoms with van der Waals surface area (Å²) in [5, 5.41) is 2.67. The fourth-order valence-corrected chi connectivity index (χ4v) is 1.74. The second kappa shape index (κ2) is 6.81. The van der Waals surface area contributed by atoms with Crippen molar-refractivity contribution in [3.8, 4) is 0 Å². The average molecular weight is 307 g/mol. The molecule has 0 aliphatic carbocycles. The van der Waals surface area contributed by atoms with E-state index in [4.69, 9.17) is 9.47 Å². The Morgan fingerprint density at radius 2 is 1.50 bits per heavy atom. The lowest BCUT2D eigenvalue weighted by molar-refractivity contribution is -0.153. The van der Waals surface area contributed by atoms with Gasteiger partial charge in [-0.05, 0) is 53.2 Å². The Bertz CT molecular complexity index is 489. The molecular weight excluding hydrogens is 282 g/mol. The van der Waals surface area contributed by atoms with E-state index in [-0.39, 0.29) is 12.4 Å². The van der Waals surface area contributed by atoms with Gasteiger partial charge >= 0.3 is 12.1 Å². The third kappa shape index (κ3) is 7.11. The summed E-state index contributed by atoms with van der Waals surface area (Å²) in [7, 11) is 0. The number of nitrogens with one attached hydrogen (secondary N) is 1. The van der Waals surface area contributed by atoms with Gasteiger partial charge in [0.25, 0.3) is 0 Å². The van der Waals surface area contributed by atoms with Crippen LogP contribution in [0.15, 0.2) is 24.3 Å². The van der Waals surface area contributed by atoms with Crippen molar-refractivity contribution in [2.45, 2.75) is 59.2 Å². The summed E-state index contributed by atoms with van der Waals surface area (Å²) in [6.45, 7) is 10.8. The zero-order valence-electron chi connectivity index (χ0n) is 14.1. The summed E-state index contributed by atoms with van der Waals surface area (Å²) in [4.78, 5) is 23.8. The molecule has 0 spiro atoms. The van der Waals surface area contributed by atoms with Gasteiger partial charge in [0, 0.05) is 5.69 Å². The first-order valence-electron chi connectivity index (χ1n) is 7.26. The molecule has 0 aliphatic heterocycles. The van der Waals surface area contributed by atoms with E-state index in [1.54, 1.807) is 45.0 Å². The molecule has 1 N–H and O–H groups in total. The monoisotopic (exact) mass is 307 g/mol. The number of rotatable bonds is 3. The zero-order chi connectivity index (χ0) is 17.0. The minimum atomic E-state index is -0.579. The van der Waals surface area contributed by atoms with Crippen molar-refractivity contribution in [1.82, 2.24) is 0 Å². The average Bonchev–Trinajstić information content (AvgIpc) is 2.26. The van der Waals surface area contributed by atoms with E-state index in [1.165, 1.54) is 0 Å². The first kappa shape index (κ1) is 18.0. The van der Waals surface area contributed by atoms with Crippen LogP contribution in [0, 0.1) is 0 Å². The predicted molar refractivity (Wildman–Crippen MR) is 85.8 cm³/mol. The standard InChI is InChI=1S/C17H25NO4/c1-16(2,3)21-14(19)11-12-9-7-8-10-13(12)18-15(20)22-17(4,5)6/h7-10H,11H2,1-6H3,(H,18,20). The number of ether oxygens (including phenoxy) is 2. The van der Waals surface area contributed by atoms with E-state index >= 15 is 0 Å². The molecule has 0 aliphatic rings. The second-order valence-corrected chi connectivity index (χ2v) is 7.05. The minimum absolute atomic E-state index is 0.0865. The molecule has 1 aromatic carbocycles. The van der Waals surface area contributed by atoms with Gasteiger partial charge in [-0.25, -0.2) is 4.79 Å². The highest BCUT2D eigenvalue weighted by atomic mass is 16.6. The van der Waals surface area contributed by atoms with Crippen LogP contribution in [0.25, 0.3) is 0 Å². The van der Waals surface area contributed by atoms with Crippen molar-refractivity contribution >= 4 is 17.7 Å². The number of benzene rings is 1. The van der Waals surface area contributed by atoms with Gasteiger partial charge in [0.2, 0.25) is 0 Å². The quantitative estimate of drug-likeness (QED) is 0.860. The van der Waals surface area contributed by atoms with E-state index in [9.17, 15) is 9.59 Å². The third-order valence-corrected chi connectivity index (χ3v) is 2.41. The molecule has 1 rings (SSSR count). The molecule has 0 atom stereocenters. The van der Waals surface area contributed by atoms with Crippen molar-refractivity contribution in [2.75, 3.05) is 5.32 Å². The Morgan fingerprint density at radius 1 is 0.955 bits per heavy atom. The van der Waals surface area contributed by atoms with Gasteiger partial charge in [0.05, 0.1) is 6.42 Å². The molecule has 22 heavy (non-hydrogen) atoms. The molecule has 0 unspecified atom stereocenters. The summed E-state index contributed by atoms with van der Waals surface area (Å²) >= 11 is 0. The van der Waals surface area contributed by atoms with E-state index in [1.807, 2.05) is 20.8 Å². The summed E-state index contributed by atoms with van der Waals surface area (Å²) in [6, 6.07) is 7.09. The number of carbonyl (C=O) groups is 2. The Balaban J connectivity index is 2.78. The molecular formula is C17H25NO4. The Kier molecular flexibility index (Phi) is 5.58. The topological polar surface area (TPSA) is 64.6 Å². The summed E-state index contributed by atoms with van der Waals surface area (Å²) in [5.41, 5.74) is 0.111. The van der Waals surface area contributed by atoms with Crippen LogP contribution in [0.2, 0.25) is 0 Å². The minimum Gasteiger partial charge on any atom is -0.460 e. The number of amides is 1. The maximum absolute atomic E-state index is 11.9. The maximum Gasteiger partial charge on any atom is 0.412 e. The number of carbonyl (C=O) groups excluding carboxylic acids is 2. The molecule has 0 radical (unpaired) electrons. The molecule has 0 fully saturated rings. The highest BCUT2D eigenvalue weighted by Crippen LogP contribution is 2.19. The van der Waals surface area contributed by atoms with Crippen molar-refractivity contribution in [1.29, 1.82) is 0 Å². The second-order valence-electron chi connectivity index (χ2n) is 7.05. The molecule has 1 aromatic rings. The number of esters is 1. The normalized spacial score (nSPS) is 11.7. The Labute approximate surface area is 132 Å². The fourth-order valence-electron chi connectivity index (χ4n) is 1.74. The number of para-hydroxylation sites is 1. The van der Waals surface area contributed by atoms with Gasteiger partial charge in [-0.1, -0.05) is 18.2 Å². The molecule has 0 heterocycles. The Morgan fingerprint density at radius 3 is 2.05 bits per heavy atom. The van der Waals surface area contributed by atoms with E-state index in [0.717, 1.165) is 0 Å². The summed E-state index contributed by atoms with van der Waals surface area (Å²) in [6.07, 6.45) is -0.465. The molecule has 5 heteroatoms. The molecule has 0 aromatic heterocycles.